The number of nitrogen functional groups attached to an aromatic ring is 2. The van der Waals surface area contributed by atoms with Crippen LogP contribution in [0, 0.1) is 0 Å². The molecule has 0 spiro atoms. The van der Waals surface area contributed by atoms with E-state index in [0.717, 1.165) is 37.1 Å². The number of anilines is 2. The average Bonchev–Trinajstić information content (AvgIpc) is 2.46. The second-order valence-electron chi connectivity index (χ2n) is 4.69. The third-order valence-corrected chi connectivity index (χ3v) is 2.75. The van der Waals surface area contributed by atoms with E-state index in [0.29, 0.717) is 10.8 Å². The maximum atomic E-state index is 9.00. The molecule has 0 unspecified atom stereocenters. The molecule has 0 aliphatic carbocycles. The van der Waals surface area contributed by atoms with Crippen molar-refractivity contribution in [3.05, 3.63) is 35.0 Å². The van der Waals surface area contributed by atoms with E-state index in [2.05, 4.69) is 9.97 Å². The number of carboxylic acid groups (broad SMARTS) is 2. The summed E-state index contributed by atoms with van der Waals surface area (Å²) < 4.78 is 0. The van der Waals surface area contributed by atoms with Gasteiger partial charge in [0.05, 0.1) is 5.69 Å². The average molecular weight is 369 g/mol. The van der Waals surface area contributed by atoms with E-state index < -0.39 is 11.9 Å². The van der Waals surface area contributed by atoms with Crippen LogP contribution in [0.1, 0.15) is 26.5 Å². The molecule has 6 N–H and O–H groups in total. The number of nitrogens with two attached hydrogens (primary N) is 2. The third-order valence-electron chi connectivity index (χ3n) is 2.50. The van der Waals surface area contributed by atoms with Gasteiger partial charge in [0.25, 0.3) is 11.9 Å². The van der Waals surface area contributed by atoms with Crippen LogP contribution in [-0.4, -0.2) is 32.1 Å². The van der Waals surface area contributed by atoms with Crippen LogP contribution in [0.3, 0.4) is 0 Å². The number of aliphatic carboxylic acids is 2. The lowest BCUT2D eigenvalue weighted by Gasteiger charge is -2.10. The molecule has 1 heterocycles. The smallest absolute Gasteiger partial charge is 0.300 e. The van der Waals surface area contributed by atoms with Crippen molar-refractivity contribution in [2.24, 2.45) is 0 Å². The third kappa shape index (κ3) is 9.11. The molecule has 0 aliphatic rings. The van der Waals surface area contributed by atoms with Gasteiger partial charge in [-0.3, -0.25) is 9.59 Å². The Morgan fingerprint density at radius 2 is 1.48 bits per heavy atom. The van der Waals surface area contributed by atoms with Gasteiger partial charge < -0.3 is 21.7 Å². The minimum atomic E-state index is -0.833. The second-order valence-corrected chi connectivity index (χ2v) is 5.12. The highest BCUT2D eigenvalue weighted by molar-refractivity contribution is 6.30. The lowest BCUT2D eigenvalue weighted by Crippen LogP contribution is -2.06. The first-order valence-electron chi connectivity index (χ1n) is 7.15. The van der Waals surface area contributed by atoms with Gasteiger partial charge >= 0.3 is 0 Å². The number of aromatic nitrogens is 2. The summed E-state index contributed by atoms with van der Waals surface area (Å²) in [5.41, 5.74) is 14.1. The number of carbonyl (C=O) groups is 2. The summed E-state index contributed by atoms with van der Waals surface area (Å²) in [5, 5.41) is 15.5. The van der Waals surface area contributed by atoms with Gasteiger partial charge in [0.2, 0.25) is 5.95 Å². The zero-order valence-corrected chi connectivity index (χ0v) is 14.9. The van der Waals surface area contributed by atoms with E-state index >= 15 is 0 Å². The van der Waals surface area contributed by atoms with E-state index in [1.165, 1.54) is 0 Å². The van der Waals surface area contributed by atoms with E-state index in [4.69, 9.17) is 42.9 Å². The number of aryl methyl sites for hydroxylation is 1. The van der Waals surface area contributed by atoms with Crippen LogP contribution in [0.15, 0.2) is 24.3 Å². The first kappa shape index (κ1) is 22.1. The van der Waals surface area contributed by atoms with Crippen LogP contribution in [-0.2, 0) is 16.0 Å². The molecule has 2 rings (SSSR count). The molecule has 136 valence electrons. The number of nitrogens with zero attached hydrogens (tertiary/aromatic N) is 2. The summed E-state index contributed by atoms with van der Waals surface area (Å²) >= 11 is 5.86. The maximum absolute atomic E-state index is 9.00. The first-order valence-corrected chi connectivity index (χ1v) is 7.53. The largest absolute Gasteiger partial charge is 0.481 e. The Morgan fingerprint density at radius 3 is 1.88 bits per heavy atom. The first-order chi connectivity index (χ1) is 11.6. The van der Waals surface area contributed by atoms with Crippen molar-refractivity contribution in [3.63, 3.8) is 0 Å². The molecule has 0 radical (unpaired) electrons. The van der Waals surface area contributed by atoms with Crippen LogP contribution in [0.4, 0.5) is 11.8 Å². The molecular formula is C16H21ClN4O4. The van der Waals surface area contributed by atoms with Crippen molar-refractivity contribution >= 4 is 35.3 Å². The number of hydrogen-bond acceptors (Lipinski definition) is 6. The summed E-state index contributed by atoms with van der Waals surface area (Å²) in [6.45, 7) is 4.17. The number of rotatable bonds is 2. The molecule has 0 aliphatic heterocycles. The summed E-state index contributed by atoms with van der Waals surface area (Å²) in [4.78, 5) is 26.2. The molecule has 9 heteroatoms. The van der Waals surface area contributed by atoms with Crippen molar-refractivity contribution in [1.82, 2.24) is 9.97 Å². The van der Waals surface area contributed by atoms with Crippen molar-refractivity contribution < 1.29 is 19.8 Å². The molecule has 2 aromatic rings. The molecule has 0 amide bonds. The van der Waals surface area contributed by atoms with Gasteiger partial charge in [0.15, 0.2) is 0 Å². The number of halogens is 1. The highest BCUT2D eigenvalue weighted by Gasteiger charge is 2.11. The molecule has 0 bridgehead atoms. The zero-order chi connectivity index (χ0) is 19.6. The Hall–Kier alpha value is -2.87. The van der Waals surface area contributed by atoms with E-state index in [1.54, 1.807) is 0 Å². The van der Waals surface area contributed by atoms with Gasteiger partial charge in [-0.15, -0.1) is 0 Å². The Labute approximate surface area is 150 Å². The Balaban J connectivity index is 0.000000609. The summed E-state index contributed by atoms with van der Waals surface area (Å²) in [6, 6.07) is 7.41. The molecular weight excluding hydrogens is 348 g/mol. The minimum Gasteiger partial charge on any atom is -0.481 e. The van der Waals surface area contributed by atoms with Gasteiger partial charge in [-0.05, 0) is 24.1 Å². The second kappa shape index (κ2) is 10.8. The van der Waals surface area contributed by atoms with Crippen LogP contribution < -0.4 is 11.5 Å². The van der Waals surface area contributed by atoms with Crippen molar-refractivity contribution in [2.45, 2.75) is 27.2 Å². The summed E-state index contributed by atoms with van der Waals surface area (Å²) in [5.74, 6) is -1.06. The van der Waals surface area contributed by atoms with Gasteiger partial charge in [0, 0.05) is 24.4 Å². The number of hydrogen-bond donors (Lipinski definition) is 4. The zero-order valence-electron chi connectivity index (χ0n) is 14.2. The van der Waals surface area contributed by atoms with Crippen molar-refractivity contribution in [3.8, 4) is 11.1 Å². The van der Waals surface area contributed by atoms with Crippen LogP contribution >= 0.6 is 11.6 Å². The molecule has 0 fully saturated rings. The molecule has 0 atom stereocenters. The van der Waals surface area contributed by atoms with Gasteiger partial charge in [0.1, 0.15) is 5.82 Å². The summed E-state index contributed by atoms with van der Waals surface area (Å²) in [7, 11) is 0. The molecule has 1 aromatic carbocycles. The Kier molecular flexibility index (Phi) is 9.58. The van der Waals surface area contributed by atoms with Crippen LogP contribution in [0.5, 0.6) is 0 Å². The highest BCUT2D eigenvalue weighted by Crippen LogP contribution is 2.29. The normalized spacial score (nSPS) is 9.12. The minimum absolute atomic E-state index is 0.206. The SMILES string of the molecule is CC(=O)O.CC(=O)O.CCc1nc(N)nc(N)c1-c1ccc(Cl)cc1. The Morgan fingerprint density at radius 1 is 1.04 bits per heavy atom. The fourth-order valence-corrected chi connectivity index (χ4v) is 1.86. The molecule has 0 saturated carbocycles. The topological polar surface area (TPSA) is 152 Å². The monoisotopic (exact) mass is 368 g/mol. The lowest BCUT2D eigenvalue weighted by atomic mass is 10.0. The quantitative estimate of drug-likeness (QED) is 0.631. The predicted octanol–water partition coefficient (Wildman–Crippen LogP) is 2.71. The van der Waals surface area contributed by atoms with Gasteiger partial charge in [-0.25, -0.2) is 4.98 Å². The van der Waals surface area contributed by atoms with Gasteiger partial charge in [-0.1, -0.05) is 30.7 Å². The fourth-order valence-electron chi connectivity index (χ4n) is 1.73. The molecule has 8 nitrogen and oxygen atoms in total. The van der Waals surface area contributed by atoms with Crippen molar-refractivity contribution in [2.75, 3.05) is 11.5 Å². The lowest BCUT2D eigenvalue weighted by molar-refractivity contribution is -0.135. The van der Waals surface area contributed by atoms with Gasteiger partial charge in [-0.2, -0.15) is 4.98 Å². The Bertz CT molecular complexity index is 701. The van der Waals surface area contributed by atoms with Crippen LogP contribution in [0.25, 0.3) is 11.1 Å². The number of carboxylic acids is 2. The predicted molar refractivity (Wildman–Crippen MR) is 97.3 cm³/mol. The number of benzene rings is 1. The highest BCUT2D eigenvalue weighted by atomic mass is 35.5. The van der Waals surface area contributed by atoms with Crippen LogP contribution in [0.2, 0.25) is 5.02 Å². The molecule has 1 aromatic heterocycles. The molecule has 25 heavy (non-hydrogen) atoms. The fraction of sp³-hybridized carbons (Fsp3) is 0.250. The van der Waals surface area contributed by atoms with E-state index in [9.17, 15) is 0 Å². The standard InChI is InChI=1S/C12H13ClN4.2C2H4O2/c1-2-9-10(11(14)17-12(15)16-9)7-3-5-8(13)6-4-7;2*1-2(3)4/h3-6H,2H2,1H3,(H4,14,15,16,17);2*1H3,(H,3,4). The van der Waals surface area contributed by atoms with Crippen molar-refractivity contribution in [1.29, 1.82) is 0 Å². The van der Waals surface area contributed by atoms with E-state index in [1.807, 2.05) is 31.2 Å². The van der Waals surface area contributed by atoms with E-state index in [-0.39, 0.29) is 5.95 Å². The molecule has 0 saturated heterocycles. The summed E-state index contributed by atoms with van der Waals surface area (Å²) in [6.07, 6.45) is 0.745. The maximum Gasteiger partial charge on any atom is 0.300 e.